The van der Waals surface area contributed by atoms with E-state index in [0.717, 1.165) is 37.7 Å². The van der Waals surface area contributed by atoms with E-state index in [9.17, 15) is 9.90 Å². The molecule has 0 fully saturated rings. The zero-order chi connectivity index (χ0) is 23.6. The highest BCUT2D eigenvalue weighted by Gasteiger charge is 2.26. The molecule has 3 heteroatoms. The molecule has 0 aromatic heterocycles. The van der Waals surface area contributed by atoms with Gasteiger partial charge in [-0.1, -0.05) is 93.9 Å². The van der Waals surface area contributed by atoms with Crippen molar-refractivity contribution in [2.75, 3.05) is 6.61 Å². The van der Waals surface area contributed by atoms with E-state index in [4.69, 9.17) is 4.74 Å². The lowest BCUT2D eigenvalue weighted by Gasteiger charge is -2.26. The zero-order valence-corrected chi connectivity index (χ0v) is 20.3. The number of carbonyl (C=O) groups excluding carboxylic acids is 1. The summed E-state index contributed by atoms with van der Waals surface area (Å²) in [5.74, 6) is 0.420. The highest BCUT2D eigenvalue weighted by molar-refractivity contribution is 5.83. The van der Waals surface area contributed by atoms with Gasteiger partial charge in [0.05, 0.1) is 19.1 Å². The number of esters is 1. The molecule has 3 aromatic rings. The molecule has 3 rings (SSSR count). The number of fused-ring (bicyclic) bond motifs is 1. The Hall–Kier alpha value is -2.65. The molecule has 0 saturated heterocycles. The monoisotopic (exact) mass is 446 g/mol. The lowest BCUT2D eigenvalue weighted by atomic mass is 9.80. The van der Waals surface area contributed by atoms with Gasteiger partial charge in [-0.05, 0) is 65.0 Å². The van der Waals surface area contributed by atoms with Crippen molar-refractivity contribution in [3.8, 4) is 0 Å². The third kappa shape index (κ3) is 6.91. The largest absolute Gasteiger partial charge is 0.465 e. The van der Waals surface area contributed by atoms with Crippen molar-refractivity contribution >= 4 is 16.7 Å². The van der Waals surface area contributed by atoms with Gasteiger partial charge < -0.3 is 9.84 Å². The van der Waals surface area contributed by atoms with Gasteiger partial charge in [-0.3, -0.25) is 4.79 Å². The molecule has 0 aliphatic heterocycles. The van der Waals surface area contributed by atoms with Crippen LogP contribution in [-0.2, 0) is 16.1 Å². The number of aliphatic hydroxyl groups is 1. The lowest BCUT2D eigenvalue weighted by molar-refractivity contribution is -0.149. The van der Waals surface area contributed by atoms with Crippen molar-refractivity contribution in [1.82, 2.24) is 0 Å². The first kappa shape index (κ1) is 25.0. The van der Waals surface area contributed by atoms with Crippen LogP contribution >= 0.6 is 0 Å². The fourth-order valence-electron chi connectivity index (χ4n) is 4.55. The first-order valence-corrected chi connectivity index (χ1v) is 12.4. The minimum absolute atomic E-state index is 0.0414. The first-order chi connectivity index (χ1) is 16.0. The average Bonchev–Trinajstić information content (AvgIpc) is 2.86. The molecule has 0 amide bonds. The van der Waals surface area contributed by atoms with Crippen LogP contribution in [0.25, 0.3) is 10.8 Å². The summed E-state index contributed by atoms with van der Waals surface area (Å²) in [5, 5.41) is 12.0. The summed E-state index contributed by atoms with van der Waals surface area (Å²) in [6.07, 6.45) is 4.44. The summed E-state index contributed by atoms with van der Waals surface area (Å²) < 4.78 is 5.57. The summed E-state index contributed by atoms with van der Waals surface area (Å²) in [4.78, 5) is 12.8. The second kappa shape index (κ2) is 12.6. The smallest absolute Gasteiger partial charge is 0.308 e. The number of ether oxygens (including phenoxy) is 1. The molecule has 176 valence electrons. The Labute approximate surface area is 198 Å². The molecule has 3 nitrogen and oxygen atoms in total. The highest BCUT2D eigenvalue weighted by Crippen LogP contribution is 2.36. The molecule has 0 saturated carbocycles. The van der Waals surface area contributed by atoms with E-state index in [1.54, 1.807) is 0 Å². The molecule has 3 atom stereocenters. The molecule has 0 spiro atoms. The van der Waals surface area contributed by atoms with Crippen molar-refractivity contribution in [2.45, 2.75) is 71.3 Å². The van der Waals surface area contributed by atoms with Gasteiger partial charge in [-0.2, -0.15) is 0 Å². The fourth-order valence-corrected chi connectivity index (χ4v) is 4.55. The maximum Gasteiger partial charge on any atom is 0.308 e. The Bertz CT molecular complexity index is 1010. The maximum absolute atomic E-state index is 12.8. The molecule has 1 N–H and O–H groups in total. The van der Waals surface area contributed by atoms with Gasteiger partial charge in [0.25, 0.3) is 0 Å². The van der Waals surface area contributed by atoms with E-state index in [1.165, 1.54) is 21.9 Å². The van der Waals surface area contributed by atoms with Crippen molar-refractivity contribution in [2.24, 2.45) is 5.92 Å². The fraction of sp³-hybridized carbons (Fsp3) is 0.433. The summed E-state index contributed by atoms with van der Waals surface area (Å²) >= 11 is 0. The normalized spacial score (nSPS) is 14.1. The van der Waals surface area contributed by atoms with E-state index in [0.29, 0.717) is 12.5 Å². The van der Waals surface area contributed by atoms with Crippen LogP contribution in [0.4, 0.5) is 0 Å². The van der Waals surface area contributed by atoms with Crippen LogP contribution in [0.5, 0.6) is 0 Å². The molecule has 3 aromatic carbocycles. The highest BCUT2D eigenvalue weighted by atomic mass is 16.5. The standard InChI is InChI=1S/C30H38O3/c1-4-6-17-33-30(32)24(5-2)19-29(26-13-11-23(21-31)12-14-26)18-22(3)27-16-15-25-9-7-8-10-28(25)20-27/h7-16,20,22,24,29,31H,4-6,17-19,21H2,1-3H3. The number of rotatable bonds is 12. The van der Waals surface area contributed by atoms with Gasteiger partial charge in [-0.25, -0.2) is 0 Å². The van der Waals surface area contributed by atoms with Crippen LogP contribution in [0.15, 0.2) is 66.7 Å². The van der Waals surface area contributed by atoms with E-state index in [-0.39, 0.29) is 24.4 Å². The van der Waals surface area contributed by atoms with Gasteiger partial charge in [-0.15, -0.1) is 0 Å². The molecular formula is C30H38O3. The Morgan fingerprint density at radius 1 is 0.909 bits per heavy atom. The second-order valence-electron chi connectivity index (χ2n) is 9.20. The number of aliphatic hydroxyl groups excluding tert-OH is 1. The third-order valence-corrected chi connectivity index (χ3v) is 6.75. The predicted octanol–water partition coefficient (Wildman–Crippen LogP) is 7.37. The lowest BCUT2D eigenvalue weighted by Crippen LogP contribution is -2.21. The summed E-state index contributed by atoms with van der Waals surface area (Å²) in [5.41, 5.74) is 3.45. The van der Waals surface area contributed by atoms with Gasteiger partial charge in [0.15, 0.2) is 0 Å². The summed E-state index contributed by atoms with van der Waals surface area (Å²) in [6, 6.07) is 23.4. The van der Waals surface area contributed by atoms with Crippen molar-refractivity contribution in [3.05, 3.63) is 83.4 Å². The Morgan fingerprint density at radius 3 is 2.27 bits per heavy atom. The second-order valence-corrected chi connectivity index (χ2v) is 9.20. The molecular weight excluding hydrogens is 408 g/mol. The van der Waals surface area contributed by atoms with Gasteiger partial charge >= 0.3 is 5.97 Å². The van der Waals surface area contributed by atoms with Gasteiger partial charge in [0, 0.05) is 0 Å². The molecule has 0 aliphatic carbocycles. The van der Waals surface area contributed by atoms with Crippen molar-refractivity contribution < 1.29 is 14.6 Å². The van der Waals surface area contributed by atoms with Crippen LogP contribution in [0.2, 0.25) is 0 Å². The van der Waals surface area contributed by atoms with Crippen LogP contribution < -0.4 is 0 Å². The number of benzene rings is 3. The Morgan fingerprint density at radius 2 is 1.61 bits per heavy atom. The maximum atomic E-state index is 12.8. The van der Waals surface area contributed by atoms with Gasteiger partial charge in [0.2, 0.25) is 0 Å². The molecule has 0 aliphatic rings. The Balaban J connectivity index is 1.81. The van der Waals surface area contributed by atoms with E-state index < -0.39 is 0 Å². The quantitative estimate of drug-likeness (QED) is 0.233. The summed E-state index contributed by atoms with van der Waals surface area (Å²) in [7, 11) is 0. The first-order valence-electron chi connectivity index (χ1n) is 12.4. The van der Waals surface area contributed by atoms with Crippen molar-refractivity contribution in [3.63, 3.8) is 0 Å². The minimum atomic E-state index is -0.104. The molecule has 33 heavy (non-hydrogen) atoms. The van der Waals surface area contributed by atoms with Gasteiger partial charge in [0.1, 0.15) is 0 Å². The third-order valence-electron chi connectivity index (χ3n) is 6.75. The molecule has 0 heterocycles. The predicted molar refractivity (Wildman–Crippen MR) is 136 cm³/mol. The van der Waals surface area contributed by atoms with Crippen molar-refractivity contribution in [1.29, 1.82) is 0 Å². The topological polar surface area (TPSA) is 46.5 Å². The van der Waals surface area contributed by atoms with Crippen LogP contribution in [0.3, 0.4) is 0 Å². The minimum Gasteiger partial charge on any atom is -0.465 e. The SMILES string of the molecule is CCCCOC(=O)C(CC)CC(CC(C)c1ccc2ccccc2c1)c1ccc(CO)cc1. The Kier molecular flexibility index (Phi) is 9.50. The summed E-state index contributed by atoms with van der Waals surface area (Å²) in [6.45, 7) is 7.00. The van der Waals surface area contributed by atoms with E-state index in [2.05, 4.69) is 75.4 Å². The number of hydrogen-bond donors (Lipinski definition) is 1. The molecule has 0 bridgehead atoms. The average molecular weight is 447 g/mol. The number of carbonyl (C=O) groups is 1. The number of unbranched alkanes of at least 4 members (excludes halogenated alkanes) is 1. The van der Waals surface area contributed by atoms with Crippen LogP contribution in [0.1, 0.15) is 81.4 Å². The van der Waals surface area contributed by atoms with Crippen LogP contribution in [0, 0.1) is 5.92 Å². The zero-order valence-electron chi connectivity index (χ0n) is 20.3. The van der Waals surface area contributed by atoms with E-state index in [1.807, 2.05) is 12.1 Å². The van der Waals surface area contributed by atoms with E-state index >= 15 is 0 Å². The number of hydrogen-bond acceptors (Lipinski definition) is 3. The molecule has 0 radical (unpaired) electrons. The van der Waals surface area contributed by atoms with Crippen LogP contribution in [-0.4, -0.2) is 17.7 Å². The molecule has 3 unspecified atom stereocenters.